The molecule has 5 nitrogen and oxygen atoms in total. The van der Waals surface area contributed by atoms with E-state index < -0.39 is 6.04 Å². The zero-order valence-electron chi connectivity index (χ0n) is 12.7. The number of nitrogens with two attached hydrogens (primary N) is 1. The number of carbonyl (C=O) groups is 2. The van der Waals surface area contributed by atoms with Gasteiger partial charge in [0.2, 0.25) is 11.8 Å². The third-order valence-electron chi connectivity index (χ3n) is 3.34. The molecule has 23 heavy (non-hydrogen) atoms. The third-order valence-corrected chi connectivity index (χ3v) is 3.57. The van der Waals surface area contributed by atoms with Crippen molar-refractivity contribution >= 4 is 34.8 Å². The van der Waals surface area contributed by atoms with Crippen LogP contribution in [0.15, 0.2) is 54.6 Å². The number of hydrogen-bond acceptors (Lipinski definition) is 3. The molecule has 2 aromatic carbocycles. The number of halogens is 1. The number of rotatable bonds is 5. The molecule has 0 aromatic heterocycles. The molecule has 0 radical (unpaired) electrons. The maximum absolute atomic E-state index is 12.5. The van der Waals surface area contributed by atoms with Gasteiger partial charge in [-0.25, -0.2) is 0 Å². The van der Waals surface area contributed by atoms with Crippen LogP contribution in [0.2, 0.25) is 5.02 Å². The van der Waals surface area contributed by atoms with E-state index in [4.69, 9.17) is 17.3 Å². The molecule has 0 saturated heterocycles. The Balaban J connectivity index is 2.21. The monoisotopic (exact) mass is 331 g/mol. The van der Waals surface area contributed by atoms with Crippen LogP contribution < -0.4 is 16.0 Å². The van der Waals surface area contributed by atoms with Gasteiger partial charge in [0, 0.05) is 16.4 Å². The molecule has 1 unspecified atom stereocenters. The van der Waals surface area contributed by atoms with Crippen molar-refractivity contribution in [2.24, 2.45) is 5.73 Å². The van der Waals surface area contributed by atoms with Gasteiger partial charge in [0.15, 0.2) is 0 Å². The lowest BCUT2D eigenvalue weighted by Gasteiger charge is -2.28. The van der Waals surface area contributed by atoms with Crippen molar-refractivity contribution in [2.45, 2.75) is 13.0 Å². The first-order valence-electron chi connectivity index (χ1n) is 7.16. The highest BCUT2D eigenvalue weighted by Gasteiger charge is 2.26. The highest BCUT2D eigenvalue weighted by Crippen LogP contribution is 2.19. The van der Waals surface area contributed by atoms with Crippen molar-refractivity contribution in [3.63, 3.8) is 0 Å². The van der Waals surface area contributed by atoms with E-state index in [1.165, 1.54) is 4.90 Å². The average molecular weight is 332 g/mol. The highest BCUT2D eigenvalue weighted by atomic mass is 35.5. The Morgan fingerprint density at radius 3 is 2.48 bits per heavy atom. The maximum Gasteiger partial charge on any atom is 0.247 e. The Bertz CT molecular complexity index is 691. The summed E-state index contributed by atoms with van der Waals surface area (Å²) in [6.45, 7) is 1.48. The quantitative estimate of drug-likeness (QED) is 0.884. The number of amides is 2. The molecule has 120 valence electrons. The lowest BCUT2D eigenvalue weighted by molar-refractivity contribution is -0.122. The molecule has 0 aliphatic heterocycles. The summed E-state index contributed by atoms with van der Waals surface area (Å²) >= 11 is 5.91. The van der Waals surface area contributed by atoms with Crippen LogP contribution in [0, 0.1) is 0 Å². The number of nitrogens with zero attached hydrogens (tertiary/aromatic N) is 1. The molecule has 0 spiro atoms. The summed E-state index contributed by atoms with van der Waals surface area (Å²) < 4.78 is 0. The smallest absolute Gasteiger partial charge is 0.247 e. The first-order valence-corrected chi connectivity index (χ1v) is 7.54. The second-order valence-corrected chi connectivity index (χ2v) is 5.42. The summed E-state index contributed by atoms with van der Waals surface area (Å²) in [5.74, 6) is -0.650. The fraction of sp³-hybridized carbons (Fsp3) is 0.176. The van der Waals surface area contributed by atoms with E-state index in [9.17, 15) is 9.59 Å². The summed E-state index contributed by atoms with van der Waals surface area (Å²) in [5, 5.41) is 3.28. The predicted octanol–water partition coefficient (Wildman–Crippen LogP) is 2.66. The Hall–Kier alpha value is -2.37. The number of anilines is 2. The van der Waals surface area contributed by atoms with Gasteiger partial charge in [-0.3, -0.25) is 14.5 Å². The van der Waals surface area contributed by atoms with Crippen LogP contribution in [-0.4, -0.2) is 24.4 Å². The molecule has 0 bridgehead atoms. The molecule has 0 heterocycles. The number of carbonyl (C=O) groups excluding carboxylic acids is 2. The molecule has 0 fully saturated rings. The molecule has 2 rings (SSSR count). The predicted molar refractivity (Wildman–Crippen MR) is 92.5 cm³/mol. The number of benzene rings is 2. The van der Waals surface area contributed by atoms with Gasteiger partial charge < -0.3 is 11.1 Å². The number of nitrogens with one attached hydrogen (secondary N) is 1. The van der Waals surface area contributed by atoms with Crippen LogP contribution in [0.3, 0.4) is 0 Å². The zero-order chi connectivity index (χ0) is 16.8. The summed E-state index contributed by atoms with van der Waals surface area (Å²) in [5.41, 5.74) is 6.67. The van der Waals surface area contributed by atoms with E-state index in [0.717, 1.165) is 0 Å². The van der Waals surface area contributed by atoms with Crippen LogP contribution >= 0.6 is 11.6 Å². The van der Waals surface area contributed by atoms with Crippen LogP contribution in [-0.2, 0) is 9.59 Å². The first-order chi connectivity index (χ1) is 11.0. The molecule has 0 saturated carbocycles. The minimum absolute atomic E-state index is 0.177. The van der Waals surface area contributed by atoms with Crippen molar-refractivity contribution < 1.29 is 9.59 Å². The van der Waals surface area contributed by atoms with Gasteiger partial charge in [-0.15, -0.1) is 0 Å². The van der Waals surface area contributed by atoms with Gasteiger partial charge in [-0.1, -0.05) is 35.9 Å². The minimum atomic E-state index is -0.715. The zero-order valence-corrected chi connectivity index (χ0v) is 13.5. The van der Waals surface area contributed by atoms with Crippen molar-refractivity contribution in [1.29, 1.82) is 0 Å². The van der Waals surface area contributed by atoms with E-state index in [1.54, 1.807) is 55.5 Å². The molecular weight excluding hydrogens is 314 g/mol. The van der Waals surface area contributed by atoms with Gasteiger partial charge >= 0.3 is 0 Å². The fourth-order valence-electron chi connectivity index (χ4n) is 2.20. The largest absolute Gasteiger partial charge is 0.324 e. The van der Waals surface area contributed by atoms with Crippen molar-refractivity contribution in [3.05, 3.63) is 59.6 Å². The van der Waals surface area contributed by atoms with Crippen LogP contribution in [0.25, 0.3) is 0 Å². The summed E-state index contributed by atoms with van der Waals surface area (Å²) in [6, 6.07) is 15.1. The van der Waals surface area contributed by atoms with Crippen molar-refractivity contribution in [1.82, 2.24) is 0 Å². The molecule has 2 aromatic rings. The molecule has 3 N–H and O–H groups in total. The molecule has 1 atom stereocenters. The summed E-state index contributed by atoms with van der Waals surface area (Å²) in [6.07, 6.45) is 0. The second-order valence-electron chi connectivity index (χ2n) is 4.98. The van der Waals surface area contributed by atoms with Crippen molar-refractivity contribution in [2.75, 3.05) is 16.8 Å². The molecule has 6 heteroatoms. The number of para-hydroxylation sites is 1. The minimum Gasteiger partial charge on any atom is -0.324 e. The second kappa shape index (κ2) is 7.76. The van der Waals surface area contributed by atoms with Crippen LogP contribution in [0.5, 0.6) is 0 Å². The Morgan fingerprint density at radius 2 is 1.87 bits per heavy atom. The van der Waals surface area contributed by atoms with Gasteiger partial charge in [0.25, 0.3) is 0 Å². The van der Waals surface area contributed by atoms with Crippen LogP contribution in [0.4, 0.5) is 11.4 Å². The standard InChI is InChI=1S/C17H18ClN3O2/c1-12(17(23)20-14-7-5-6-13(18)10-14)21(16(22)11-19)15-8-3-2-4-9-15/h2-10,12H,11,19H2,1H3,(H,20,23). The first kappa shape index (κ1) is 17.0. The molecule has 0 aliphatic rings. The average Bonchev–Trinajstić information content (AvgIpc) is 2.55. The van der Waals surface area contributed by atoms with Crippen LogP contribution in [0.1, 0.15) is 6.92 Å². The normalized spacial score (nSPS) is 11.6. The summed E-state index contributed by atoms with van der Waals surface area (Å²) in [4.78, 5) is 26.0. The van der Waals surface area contributed by atoms with E-state index in [1.807, 2.05) is 6.07 Å². The Kier molecular flexibility index (Phi) is 5.73. The Labute approximate surface area is 140 Å². The van der Waals surface area contributed by atoms with Gasteiger partial charge in [-0.05, 0) is 37.3 Å². The molecule has 2 amide bonds. The topological polar surface area (TPSA) is 75.4 Å². The SMILES string of the molecule is CC(C(=O)Nc1cccc(Cl)c1)N(C(=O)CN)c1ccccc1. The lowest BCUT2D eigenvalue weighted by Crippen LogP contribution is -2.48. The van der Waals surface area contributed by atoms with E-state index >= 15 is 0 Å². The third kappa shape index (κ3) is 4.31. The summed E-state index contributed by atoms with van der Waals surface area (Å²) in [7, 11) is 0. The fourth-order valence-corrected chi connectivity index (χ4v) is 2.39. The lowest BCUT2D eigenvalue weighted by atomic mass is 10.2. The molecule has 0 aliphatic carbocycles. The van der Waals surface area contributed by atoms with Crippen molar-refractivity contribution in [3.8, 4) is 0 Å². The molecular formula is C17H18ClN3O2. The highest BCUT2D eigenvalue weighted by molar-refractivity contribution is 6.30. The van der Waals surface area contributed by atoms with Gasteiger partial charge in [0.1, 0.15) is 6.04 Å². The maximum atomic E-state index is 12.5. The van der Waals surface area contributed by atoms with E-state index in [2.05, 4.69) is 5.32 Å². The van der Waals surface area contributed by atoms with Gasteiger partial charge in [0.05, 0.1) is 6.54 Å². The Morgan fingerprint density at radius 1 is 1.17 bits per heavy atom. The number of hydrogen-bond donors (Lipinski definition) is 2. The van der Waals surface area contributed by atoms with E-state index in [0.29, 0.717) is 16.4 Å². The van der Waals surface area contributed by atoms with E-state index in [-0.39, 0.29) is 18.4 Å². The van der Waals surface area contributed by atoms with Gasteiger partial charge in [-0.2, -0.15) is 0 Å².